The van der Waals surface area contributed by atoms with Crippen LogP contribution in [0.2, 0.25) is 0 Å². The van der Waals surface area contributed by atoms with Crippen LogP contribution in [0.3, 0.4) is 0 Å². The van der Waals surface area contributed by atoms with Gasteiger partial charge in [0.05, 0.1) is 5.97 Å². The largest absolute Gasteiger partial charge is 1.00 e. The van der Waals surface area contributed by atoms with Crippen LogP contribution in [0, 0.1) is 17.5 Å². The maximum atomic E-state index is 12.5. The van der Waals surface area contributed by atoms with Crippen molar-refractivity contribution >= 4 is 5.97 Å². The van der Waals surface area contributed by atoms with E-state index in [2.05, 4.69) is 0 Å². The first-order valence-electron chi connectivity index (χ1n) is 2.89. The molecule has 0 heterocycles. The fraction of sp³-hybridized carbons (Fsp3) is 0. The second kappa shape index (κ2) is 4.64. The first-order chi connectivity index (χ1) is 5.54. The van der Waals surface area contributed by atoms with E-state index in [1.165, 1.54) is 0 Å². The number of aromatic carboxylic acids is 1. The molecule has 0 aliphatic rings. The van der Waals surface area contributed by atoms with E-state index in [4.69, 9.17) is 0 Å². The third kappa shape index (κ3) is 2.46. The Morgan fingerprint density at radius 3 is 2.15 bits per heavy atom. The number of carboxylic acids is 1. The van der Waals surface area contributed by atoms with Crippen molar-refractivity contribution in [3.63, 3.8) is 0 Å². The molecule has 2 nitrogen and oxygen atoms in total. The minimum Gasteiger partial charge on any atom is -0.545 e. The molecule has 0 amide bonds. The molecule has 0 aliphatic carbocycles. The van der Waals surface area contributed by atoms with E-state index < -0.39 is 29.0 Å². The van der Waals surface area contributed by atoms with Gasteiger partial charge in [-0.15, -0.1) is 0 Å². The number of hydrogen-bond acceptors (Lipinski definition) is 2. The van der Waals surface area contributed by atoms with Gasteiger partial charge in [-0.05, 0) is 12.1 Å². The Labute approximate surface area is 93.7 Å². The number of carboxylic acid groups (broad SMARTS) is 1. The Bertz CT molecular complexity index is 341. The van der Waals surface area contributed by atoms with Crippen LogP contribution < -0.4 is 34.7 Å². The second-order valence-electron chi connectivity index (χ2n) is 2.01. The van der Waals surface area contributed by atoms with Crippen molar-refractivity contribution in [2.24, 2.45) is 0 Å². The van der Waals surface area contributed by atoms with Gasteiger partial charge in [-0.3, -0.25) is 0 Å². The van der Waals surface area contributed by atoms with Crippen LogP contribution in [0.15, 0.2) is 12.1 Å². The topological polar surface area (TPSA) is 40.1 Å². The smallest absolute Gasteiger partial charge is 0.545 e. The fourth-order valence-electron chi connectivity index (χ4n) is 0.684. The minimum atomic E-state index is -1.88. The van der Waals surface area contributed by atoms with Crippen molar-refractivity contribution in [3.05, 3.63) is 35.1 Å². The Balaban J connectivity index is 0.00000144. The summed E-state index contributed by atoms with van der Waals surface area (Å²) in [5.41, 5.74) is -0.992. The first-order valence-corrected chi connectivity index (χ1v) is 2.89. The molecule has 13 heavy (non-hydrogen) atoms. The maximum Gasteiger partial charge on any atom is 1.00 e. The van der Waals surface area contributed by atoms with Gasteiger partial charge in [-0.25, -0.2) is 13.2 Å². The number of halogens is 3. The summed E-state index contributed by atoms with van der Waals surface area (Å²) in [7, 11) is 0. The summed E-state index contributed by atoms with van der Waals surface area (Å²) in [5, 5.41) is 10.0. The van der Waals surface area contributed by atoms with Gasteiger partial charge >= 0.3 is 29.6 Å². The van der Waals surface area contributed by atoms with E-state index in [9.17, 15) is 23.1 Å². The summed E-state index contributed by atoms with van der Waals surface area (Å²) in [6.07, 6.45) is 0. The molecule has 0 saturated carbocycles. The fourth-order valence-corrected chi connectivity index (χ4v) is 0.684. The Kier molecular flexibility index (Phi) is 4.46. The van der Waals surface area contributed by atoms with Gasteiger partial charge in [0.2, 0.25) is 0 Å². The number of hydrogen-bond donors (Lipinski definition) is 0. The van der Waals surface area contributed by atoms with Crippen molar-refractivity contribution in [2.45, 2.75) is 0 Å². The van der Waals surface area contributed by atoms with E-state index in [0.29, 0.717) is 12.1 Å². The monoisotopic (exact) mass is 198 g/mol. The Morgan fingerprint density at radius 2 is 1.69 bits per heavy atom. The molecule has 1 aromatic rings. The molecular weight excluding hydrogens is 196 g/mol. The molecule has 0 fully saturated rings. The zero-order valence-electron chi connectivity index (χ0n) is 6.61. The zero-order valence-corrected chi connectivity index (χ0v) is 8.61. The summed E-state index contributed by atoms with van der Waals surface area (Å²) in [6, 6.07) is 1.12. The van der Waals surface area contributed by atoms with Crippen LogP contribution in [-0.4, -0.2) is 5.97 Å². The van der Waals surface area contributed by atoms with Gasteiger partial charge in [0, 0.05) is 5.56 Å². The summed E-state index contributed by atoms with van der Waals surface area (Å²) < 4.78 is 37.0. The van der Waals surface area contributed by atoms with Crippen molar-refractivity contribution in [1.82, 2.24) is 0 Å². The molecule has 6 heteroatoms. The SMILES string of the molecule is O=C([O-])c1ccc(F)c(F)c1F.[Na+]. The molecular formula is C7H2F3NaO2. The van der Waals surface area contributed by atoms with Crippen LogP contribution in [0.5, 0.6) is 0 Å². The van der Waals surface area contributed by atoms with Crippen LogP contribution in [-0.2, 0) is 0 Å². The van der Waals surface area contributed by atoms with E-state index in [-0.39, 0.29) is 29.6 Å². The zero-order chi connectivity index (χ0) is 9.30. The van der Waals surface area contributed by atoms with Gasteiger partial charge in [0.15, 0.2) is 17.5 Å². The van der Waals surface area contributed by atoms with Crippen LogP contribution >= 0.6 is 0 Å². The maximum absolute atomic E-state index is 12.5. The van der Waals surface area contributed by atoms with Gasteiger partial charge in [0.1, 0.15) is 0 Å². The van der Waals surface area contributed by atoms with Gasteiger partial charge in [-0.1, -0.05) is 0 Å². The second-order valence-corrected chi connectivity index (χ2v) is 2.01. The summed E-state index contributed by atoms with van der Waals surface area (Å²) >= 11 is 0. The molecule has 0 radical (unpaired) electrons. The molecule has 64 valence electrons. The summed E-state index contributed by atoms with van der Waals surface area (Å²) in [4.78, 5) is 10.0. The van der Waals surface area contributed by atoms with Gasteiger partial charge < -0.3 is 9.90 Å². The first kappa shape index (κ1) is 12.5. The Hall–Kier alpha value is -0.520. The van der Waals surface area contributed by atoms with Gasteiger partial charge in [0.25, 0.3) is 0 Å². The predicted molar refractivity (Wildman–Crippen MR) is 30.6 cm³/mol. The van der Waals surface area contributed by atoms with Crippen molar-refractivity contribution in [2.75, 3.05) is 0 Å². The number of rotatable bonds is 1. The molecule has 1 rings (SSSR count). The molecule has 0 aromatic heterocycles. The average molecular weight is 198 g/mol. The van der Waals surface area contributed by atoms with Crippen molar-refractivity contribution in [3.8, 4) is 0 Å². The van der Waals surface area contributed by atoms with E-state index in [0.717, 1.165) is 0 Å². The molecule has 0 unspecified atom stereocenters. The molecule has 1 aromatic carbocycles. The van der Waals surface area contributed by atoms with Gasteiger partial charge in [-0.2, -0.15) is 0 Å². The molecule has 0 N–H and O–H groups in total. The number of carbonyl (C=O) groups is 1. The molecule has 0 spiro atoms. The normalized spacial score (nSPS) is 9.15. The average Bonchev–Trinajstić information content (AvgIpc) is 2.00. The molecule has 0 bridgehead atoms. The number of carbonyl (C=O) groups excluding carboxylic acids is 1. The van der Waals surface area contributed by atoms with E-state index >= 15 is 0 Å². The van der Waals surface area contributed by atoms with Crippen molar-refractivity contribution < 1.29 is 52.6 Å². The third-order valence-electron chi connectivity index (χ3n) is 1.26. The molecule has 0 atom stereocenters. The Morgan fingerprint density at radius 1 is 1.15 bits per heavy atom. The van der Waals surface area contributed by atoms with E-state index in [1.807, 2.05) is 0 Å². The molecule has 0 saturated heterocycles. The minimum absolute atomic E-state index is 0. The quantitative estimate of drug-likeness (QED) is 0.369. The van der Waals surface area contributed by atoms with Crippen LogP contribution in [0.4, 0.5) is 13.2 Å². The van der Waals surface area contributed by atoms with E-state index in [1.54, 1.807) is 0 Å². The van der Waals surface area contributed by atoms with Crippen molar-refractivity contribution in [1.29, 1.82) is 0 Å². The van der Waals surface area contributed by atoms with Crippen LogP contribution in [0.1, 0.15) is 10.4 Å². The third-order valence-corrected chi connectivity index (χ3v) is 1.26. The number of benzene rings is 1. The van der Waals surface area contributed by atoms with Crippen LogP contribution in [0.25, 0.3) is 0 Å². The predicted octanol–water partition coefficient (Wildman–Crippen LogP) is -2.53. The molecule has 0 aliphatic heterocycles. The summed E-state index contributed by atoms with van der Waals surface area (Å²) in [6.45, 7) is 0. The standard InChI is InChI=1S/C7H3F3O2.Na/c8-4-2-1-3(7(11)12)5(9)6(4)10;/h1-2H,(H,11,12);/q;+1/p-1. The summed E-state index contributed by atoms with van der Waals surface area (Å²) in [5.74, 6) is -6.87.